The fraction of sp³-hybridized carbons (Fsp3) is 0.263. The Bertz CT molecular complexity index is 1270. The van der Waals surface area contributed by atoms with E-state index in [1.54, 1.807) is 24.7 Å². The van der Waals surface area contributed by atoms with E-state index in [9.17, 15) is 9.59 Å². The maximum atomic E-state index is 12.0. The molecule has 7 nitrogen and oxygen atoms in total. The Kier molecular flexibility index (Phi) is 4.13. The van der Waals surface area contributed by atoms with E-state index in [1.807, 2.05) is 18.2 Å². The first kappa shape index (κ1) is 17.3. The Labute approximate surface area is 167 Å². The van der Waals surface area contributed by atoms with Gasteiger partial charge in [0.05, 0.1) is 15.6 Å². The summed E-state index contributed by atoms with van der Waals surface area (Å²) in [6.07, 6.45) is 3.98. The van der Waals surface area contributed by atoms with Crippen LogP contribution in [0.2, 0.25) is 0 Å². The van der Waals surface area contributed by atoms with Gasteiger partial charge in [-0.15, -0.1) is 11.3 Å². The lowest BCUT2D eigenvalue weighted by Crippen LogP contribution is -2.31. The predicted octanol–water partition coefficient (Wildman–Crippen LogP) is 3.19. The summed E-state index contributed by atoms with van der Waals surface area (Å²) in [6.45, 7) is 0. The quantitative estimate of drug-likeness (QED) is 0.481. The zero-order chi connectivity index (χ0) is 19.3. The second kappa shape index (κ2) is 6.68. The summed E-state index contributed by atoms with van der Waals surface area (Å²) in [4.78, 5) is 37.4. The van der Waals surface area contributed by atoms with Crippen molar-refractivity contribution in [2.24, 2.45) is 5.92 Å². The molecule has 5 rings (SSSR count). The van der Waals surface area contributed by atoms with Crippen molar-refractivity contribution in [1.29, 1.82) is 0 Å². The van der Waals surface area contributed by atoms with Crippen LogP contribution in [0.4, 0.5) is 11.5 Å². The van der Waals surface area contributed by atoms with Gasteiger partial charge in [0, 0.05) is 23.5 Å². The first-order valence-corrected chi connectivity index (χ1v) is 10.6. The number of aromatic amines is 1. The van der Waals surface area contributed by atoms with Crippen molar-refractivity contribution in [2.45, 2.75) is 19.3 Å². The molecule has 1 amide bonds. The minimum Gasteiger partial charge on any atom is -0.359 e. The molecule has 3 N–H and O–H groups in total. The van der Waals surface area contributed by atoms with E-state index in [-0.39, 0.29) is 16.7 Å². The van der Waals surface area contributed by atoms with Gasteiger partial charge in [0.1, 0.15) is 17.0 Å². The number of hydrogen-bond acceptors (Lipinski definition) is 7. The van der Waals surface area contributed by atoms with E-state index < -0.39 is 0 Å². The minimum absolute atomic E-state index is 0.0219. The van der Waals surface area contributed by atoms with Crippen LogP contribution in [0.5, 0.6) is 0 Å². The summed E-state index contributed by atoms with van der Waals surface area (Å²) in [5.74, 6) is 0.892. The second-order valence-electron chi connectivity index (χ2n) is 6.81. The number of thiophene rings is 1. The van der Waals surface area contributed by atoms with Crippen molar-refractivity contribution < 1.29 is 4.79 Å². The number of nitrogens with zero attached hydrogens (tertiary/aromatic N) is 2. The normalized spacial score (nSPS) is 16.2. The van der Waals surface area contributed by atoms with Crippen LogP contribution in [-0.2, 0) is 17.6 Å². The zero-order valence-corrected chi connectivity index (χ0v) is 16.7. The molecule has 1 aliphatic carbocycles. The van der Waals surface area contributed by atoms with Crippen molar-refractivity contribution in [3.8, 4) is 0 Å². The highest BCUT2D eigenvalue weighted by molar-refractivity contribution is 7.19. The number of aryl methyl sites for hydroxylation is 1. The SMILES string of the molecule is CNC(=O)[C@@H]1CCc2c(sc3ncnc(Nc4ccc5[nH]c(=O)sc5c4)c23)C1. The molecule has 0 fully saturated rings. The number of carbonyl (C=O) groups is 1. The second-order valence-corrected chi connectivity index (χ2v) is 8.91. The van der Waals surface area contributed by atoms with Gasteiger partial charge in [0.25, 0.3) is 0 Å². The van der Waals surface area contributed by atoms with Gasteiger partial charge in [-0.05, 0) is 43.0 Å². The first-order chi connectivity index (χ1) is 13.6. The number of nitrogens with one attached hydrogen (secondary N) is 3. The highest BCUT2D eigenvalue weighted by atomic mass is 32.1. The summed E-state index contributed by atoms with van der Waals surface area (Å²) in [5, 5.41) is 7.20. The highest BCUT2D eigenvalue weighted by Crippen LogP contribution is 2.40. The average Bonchev–Trinajstić information content (AvgIpc) is 3.26. The summed E-state index contributed by atoms with van der Waals surface area (Å²) >= 11 is 2.84. The van der Waals surface area contributed by atoms with Gasteiger partial charge in [-0.25, -0.2) is 9.97 Å². The third-order valence-corrected chi connectivity index (χ3v) is 7.15. The molecule has 0 spiro atoms. The molecule has 4 aromatic rings. The fourth-order valence-electron chi connectivity index (χ4n) is 3.79. The molecular formula is C19H17N5O2S2. The van der Waals surface area contributed by atoms with Crippen LogP contribution in [0.3, 0.4) is 0 Å². The number of carbonyl (C=O) groups excluding carboxylic acids is 1. The molecular weight excluding hydrogens is 394 g/mol. The van der Waals surface area contributed by atoms with Crippen LogP contribution in [-0.4, -0.2) is 27.9 Å². The molecule has 1 aliphatic rings. The highest BCUT2D eigenvalue weighted by Gasteiger charge is 2.28. The number of aromatic nitrogens is 3. The number of hydrogen-bond donors (Lipinski definition) is 3. The van der Waals surface area contributed by atoms with Crippen molar-refractivity contribution in [2.75, 3.05) is 12.4 Å². The monoisotopic (exact) mass is 411 g/mol. The maximum Gasteiger partial charge on any atom is 0.305 e. The molecule has 3 aromatic heterocycles. The lowest BCUT2D eigenvalue weighted by atomic mass is 9.87. The topological polar surface area (TPSA) is 99.8 Å². The van der Waals surface area contributed by atoms with Crippen LogP contribution >= 0.6 is 22.7 Å². The summed E-state index contributed by atoms with van der Waals surface area (Å²) in [7, 11) is 1.69. The predicted molar refractivity (Wildman–Crippen MR) is 113 cm³/mol. The van der Waals surface area contributed by atoms with Gasteiger partial charge in [0.15, 0.2) is 0 Å². The molecule has 9 heteroatoms. The Morgan fingerprint density at radius 1 is 1.29 bits per heavy atom. The molecule has 0 aliphatic heterocycles. The number of rotatable bonds is 3. The Morgan fingerprint density at radius 2 is 2.18 bits per heavy atom. The van der Waals surface area contributed by atoms with Gasteiger partial charge in [-0.1, -0.05) is 11.3 Å². The first-order valence-electron chi connectivity index (χ1n) is 8.99. The smallest absolute Gasteiger partial charge is 0.305 e. The zero-order valence-electron chi connectivity index (χ0n) is 15.0. The number of benzene rings is 1. The van der Waals surface area contributed by atoms with Crippen molar-refractivity contribution >= 4 is 60.5 Å². The third-order valence-electron chi connectivity index (χ3n) is 5.15. The number of fused-ring (bicyclic) bond motifs is 4. The van der Waals surface area contributed by atoms with Crippen molar-refractivity contribution in [3.05, 3.63) is 44.6 Å². The minimum atomic E-state index is -0.0610. The lowest BCUT2D eigenvalue weighted by molar-refractivity contribution is -0.124. The number of amides is 1. The molecule has 28 heavy (non-hydrogen) atoms. The molecule has 0 unspecified atom stereocenters. The Hall–Kier alpha value is -2.78. The van der Waals surface area contributed by atoms with Crippen LogP contribution < -0.4 is 15.5 Å². The van der Waals surface area contributed by atoms with Crippen molar-refractivity contribution in [3.63, 3.8) is 0 Å². The molecule has 1 atom stereocenters. The molecule has 0 bridgehead atoms. The maximum absolute atomic E-state index is 12.0. The standard InChI is InChI=1S/C19H17N5O2S2/c1-20-17(25)9-2-4-11-13(6-9)27-18-15(11)16(21-8-22-18)23-10-3-5-12-14(7-10)28-19(26)24-12/h3,5,7-9H,2,4,6H2,1H3,(H,20,25)(H,24,26)(H,21,22,23)/t9-/m1/s1. The van der Waals surface area contributed by atoms with Crippen LogP contribution in [0.15, 0.2) is 29.3 Å². The molecule has 3 heterocycles. The Morgan fingerprint density at radius 3 is 3.04 bits per heavy atom. The summed E-state index contributed by atoms with van der Waals surface area (Å²) < 4.78 is 0.904. The molecule has 1 aromatic carbocycles. The largest absolute Gasteiger partial charge is 0.359 e. The van der Waals surface area contributed by atoms with E-state index in [1.165, 1.54) is 21.8 Å². The van der Waals surface area contributed by atoms with Gasteiger partial charge in [-0.3, -0.25) is 9.59 Å². The lowest BCUT2D eigenvalue weighted by Gasteiger charge is -2.20. The van der Waals surface area contributed by atoms with Crippen LogP contribution in [0.25, 0.3) is 20.4 Å². The van der Waals surface area contributed by atoms with Crippen LogP contribution in [0, 0.1) is 5.92 Å². The molecule has 0 radical (unpaired) electrons. The Balaban J connectivity index is 1.54. The van der Waals surface area contributed by atoms with E-state index in [2.05, 4.69) is 25.6 Å². The third kappa shape index (κ3) is 2.87. The van der Waals surface area contributed by atoms with Gasteiger partial charge in [-0.2, -0.15) is 0 Å². The summed E-state index contributed by atoms with van der Waals surface area (Å²) in [5.41, 5.74) is 2.96. The molecule has 0 saturated carbocycles. The van der Waals surface area contributed by atoms with E-state index in [0.29, 0.717) is 0 Å². The molecule has 0 saturated heterocycles. The molecule has 142 valence electrons. The van der Waals surface area contributed by atoms with Gasteiger partial charge < -0.3 is 15.6 Å². The van der Waals surface area contributed by atoms with E-state index >= 15 is 0 Å². The average molecular weight is 412 g/mol. The van der Waals surface area contributed by atoms with Crippen molar-refractivity contribution in [1.82, 2.24) is 20.3 Å². The van der Waals surface area contributed by atoms with Gasteiger partial charge in [0.2, 0.25) is 5.91 Å². The fourth-order valence-corrected chi connectivity index (χ4v) is 5.84. The van der Waals surface area contributed by atoms with E-state index in [0.717, 1.165) is 51.2 Å². The van der Waals surface area contributed by atoms with Gasteiger partial charge >= 0.3 is 4.87 Å². The van der Waals surface area contributed by atoms with Crippen LogP contribution in [0.1, 0.15) is 16.9 Å². The number of H-pyrrole nitrogens is 1. The number of thiazole rings is 1. The van der Waals surface area contributed by atoms with E-state index in [4.69, 9.17) is 0 Å². The number of anilines is 2. The summed E-state index contributed by atoms with van der Waals surface area (Å²) in [6, 6.07) is 5.77.